The van der Waals surface area contributed by atoms with Crippen molar-refractivity contribution in [2.75, 3.05) is 7.11 Å². The van der Waals surface area contributed by atoms with E-state index in [4.69, 9.17) is 4.74 Å². The SMILES string of the molecule is COc1ccc(Cn2ccc3cc(F)ccc3c2=O)cc1. The third kappa shape index (κ3) is 2.65. The molecule has 0 aliphatic carbocycles. The number of pyridine rings is 1. The first-order valence-electron chi connectivity index (χ1n) is 6.59. The highest BCUT2D eigenvalue weighted by Gasteiger charge is 2.04. The Morgan fingerprint density at radius 1 is 1.10 bits per heavy atom. The highest BCUT2D eigenvalue weighted by Crippen LogP contribution is 2.14. The second-order valence-electron chi connectivity index (χ2n) is 4.83. The van der Waals surface area contributed by atoms with Crippen LogP contribution >= 0.6 is 0 Å². The average Bonchev–Trinajstić information content (AvgIpc) is 2.51. The predicted molar refractivity (Wildman–Crippen MR) is 80.3 cm³/mol. The maximum Gasteiger partial charge on any atom is 0.258 e. The van der Waals surface area contributed by atoms with Crippen LogP contribution in [-0.2, 0) is 6.54 Å². The molecule has 0 aliphatic heterocycles. The fraction of sp³-hybridized carbons (Fsp3) is 0.118. The van der Waals surface area contributed by atoms with Crippen molar-refractivity contribution in [3.63, 3.8) is 0 Å². The Hall–Kier alpha value is -2.62. The van der Waals surface area contributed by atoms with Gasteiger partial charge in [0.05, 0.1) is 13.7 Å². The van der Waals surface area contributed by atoms with Crippen LogP contribution in [0.2, 0.25) is 0 Å². The van der Waals surface area contributed by atoms with Crippen LogP contribution < -0.4 is 10.3 Å². The summed E-state index contributed by atoms with van der Waals surface area (Å²) < 4.78 is 19.9. The number of hydrogen-bond donors (Lipinski definition) is 0. The lowest BCUT2D eigenvalue weighted by Crippen LogP contribution is -2.20. The molecule has 0 saturated carbocycles. The molecule has 1 aromatic heterocycles. The first-order valence-corrected chi connectivity index (χ1v) is 6.59. The molecule has 21 heavy (non-hydrogen) atoms. The molecule has 0 spiro atoms. The molecular formula is C17H14FNO2. The Balaban J connectivity index is 1.98. The van der Waals surface area contributed by atoms with E-state index in [1.54, 1.807) is 23.9 Å². The highest BCUT2D eigenvalue weighted by molar-refractivity contribution is 5.81. The second-order valence-corrected chi connectivity index (χ2v) is 4.83. The van der Waals surface area contributed by atoms with Crippen LogP contribution in [0.3, 0.4) is 0 Å². The molecule has 0 N–H and O–H groups in total. The minimum Gasteiger partial charge on any atom is -0.497 e. The van der Waals surface area contributed by atoms with Crippen LogP contribution in [-0.4, -0.2) is 11.7 Å². The smallest absolute Gasteiger partial charge is 0.258 e. The van der Waals surface area contributed by atoms with Gasteiger partial charge in [-0.25, -0.2) is 4.39 Å². The Kier molecular flexibility index (Phi) is 3.44. The summed E-state index contributed by atoms with van der Waals surface area (Å²) in [5.74, 6) is 0.440. The minimum atomic E-state index is -0.338. The Morgan fingerprint density at radius 2 is 1.86 bits per heavy atom. The van der Waals surface area contributed by atoms with Crippen molar-refractivity contribution >= 4 is 10.8 Å². The van der Waals surface area contributed by atoms with Gasteiger partial charge in [-0.1, -0.05) is 12.1 Å². The molecule has 0 amide bonds. The van der Waals surface area contributed by atoms with Crippen LogP contribution in [0, 0.1) is 5.82 Å². The summed E-state index contributed by atoms with van der Waals surface area (Å²) in [5.41, 5.74) is 0.877. The predicted octanol–water partition coefficient (Wildman–Crippen LogP) is 3.20. The van der Waals surface area contributed by atoms with Crippen molar-refractivity contribution < 1.29 is 9.13 Å². The van der Waals surface area contributed by atoms with E-state index >= 15 is 0 Å². The summed E-state index contributed by atoms with van der Waals surface area (Å²) in [6, 6.07) is 13.5. The van der Waals surface area contributed by atoms with Crippen LogP contribution in [0.1, 0.15) is 5.56 Å². The Morgan fingerprint density at radius 3 is 2.57 bits per heavy atom. The fourth-order valence-corrected chi connectivity index (χ4v) is 2.31. The number of rotatable bonds is 3. The van der Waals surface area contributed by atoms with Crippen molar-refractivity contribution in [2.24, 2.45) is 0 Å². The van der Waals surface area contributed by atoms with Crippen molar-refractivity contribution in [3.8, 4) is 5.75 Å². The largest absolute Gasteiger partial charge is 0.497 e. The molecule has 0 atom stereocenters. The molecule has 0 saturated heterocycles. The van der Waals surface area contributed by atoms with Crippen molar-refractivity contribution in [1.82, 2.24) is 4.57 Å². The molecule has 3 rings (SSSR count). The zero-order valence-electron chi connectivity index (χ0n) is 11.5. The summed E-state index contributed by atoms with van der Waals surface area (Å²) >= 11 is 0. The summed E-state index contributed by atoms with van der Waals surface area (Å²) in [4.78, 5) is 12.4. The number of methoxy groups -OCH3 is 1. The normalized spacial score (nSPS) is 10.8. The van der Waals surface area contributed by atoms with Gasteiger partial charge in [0.25, 0.3) is 5.56 Å². The molecule has 0 radical (unpaired) electrons. The first kappa shape index (κ1) is 13.4. The van der Waals surface area contributed by atoms with Gasteiger partial charge >= 0.3 is 0 Å². The number of aromatic nitrogens is 1. The quantitative estimate of drug-likeness (QED) is 0.739. The Bertz CT molecular complexity index is 838. The van der Waals surface area contributed by atoms with Gasteiger partial charge in [0.2, 0.25) is 0 Å². The summed E-state index contributed by atoms with van der Waals surface area (Å²) in [7, 11) is 1.61. The summed E-state index contributed by atoms with van der Waals surface area (Å²) in [6.07, 6.45) is 1.69. The monoisotopic (exact) mass is 283 g/mol. The van der Waals surface area contributed by atoms with Crippen molar-refractivity contribution in [3.05, 3.63) is 76.5 Å². The molecule has 106 valence electrons. The third-order valence-electron chi connectivity index (χ3n) is 3.45. The van der Waals surface area contributed by atoms with E-state index < -0.39 is 0 Å². The van der Waals surface area contributed by atoms with Crippen LogP contribution in [0.15, 0.2) is 59.5 Å². The van der Waals surface area contributed by atoms with Gasteiger partial charge in [-0.05, 0) is 47.3 Å². The number of halogens is 1. The van der Waals surface area contributed by atoms with E-state index in [1.165, 1.54) is 18.2 Å². The standard InChI is InChI=1S/C17H14FNO2/c1-21-15-5-2-12(3-6-15)11-19-9-8-13-10-14(18)4-7-16(13)17(19)20/h2-10H,11H2,1H3. The van der Waals surface area contributed by atoms with E-state index in [2.05, 4.69) is 0 Å². The summed E-state index contributed by atoms with van der Waals surface area (Å²) in [5, 5.41) is 1.14. The Labute approximate surface area is 121 Å². The van der Waals surface area contributed by atoms with Gasteiger partial charge in [0.15, 0.2) is 0 Å². The van der Waals surface area contributed by atoms with Gasteiger partial charge in [-0.3, -0.25) is 4.79 Å². The molecule has 0 unspecified atom stereocenters. The van der Waals surface area contributed by atoms with Gasteiger partial charge in [-0.2, -0.15) is 0 Å². The van der Waals surface area contributed by atoms with E-state index in [1.807, 2.05) is 24.3 Å². The maximum absolute atomic E-state index is 13.2. The average molecular weight is 283 g/mol. The lowest BCUT2D eigenvalue weighted by Gasteiger charge is -2.08. The summed E-state index contributed by atoms with van der Waals surface area (Å²) in [6.45, 7) is 0.468. The van der Waals surface area contributed by atoms with Gasteiger partial charge in [0, 0.05) is 11.6 Å². The highest BCUT2D eigenvalue weighted by atomic mass is 19.1. The first-order chi connectivity index (χ1) is 10.2. The van der Waals surface area contributed by atoms with Crippen LogP contribution in [0.5, 0.6) is 5.75 Å². The molecule has 4 heteroatoms. The molecular weight excluding hydrogens is 269 g/mol. The fourth-order valence-electron chi connectivity index (χ4n) is 2.31. The molecule has 3 nitrogen and oxygen atoms in total. The topological polar surface area (TPSA) is 31.2 Å². The zero-order chi connectivity index (χ0) is 14.8. The van der Waals surface area contributed by atoms with Crippen molar-refractivity contribution in [2.45, 2.75) is 6.54 Å². The zero-order valence-corrected chi connectivity index (χ0v) is 11.5. The number of benzene rings is 2. The number of nitrogens with zero attached hydrogens (tertiary/aromatic N) is 1. The molecule has 0 bridgehead atoms. The van der Waals surface area contributed by atoms with Gasteiger partial charge < -0.3 is 9.30 Å². The molecule has 0 aliphatic rings. The lowest BCUT2D eigenvalue weighted by molar-refractivity contribution is 0.414. The van der Waals surface area contributed by atoms with Crippen LogP contribution in [0.25, 0.3) is 10.8 Å². The van der Waals surface area contributed by atoms with E-state index in [0.717, 1.165) is 11.3 Å². The lowest BCUT2D eigenvalue weighted by atomic mass is 10.1. The minimum absolute atomic E-state index is 0.122. The third-order valence-corrected chi connectivity index (χ3v) is 3.45. The maximum atomic E-state index is 13.2. The molecule has 1 heterocycles. The van der Waals surface area contributed by atoms with E-state index in [0.29, 0.717) is 17.3 Å². The van der Waals surface area contributed by atoms with E-state index in [-0.39, 0.29) is 11.4 Å². The van der Waals surface area contributed by atoms with Gasteiger partial charge in [0.1, 0.15) is 11.6 Å². The second kappa shape index (κ2) is 5.40. The number of hydrogen-bond acceptors (Lipinski definition) is 2. The molecule has 2 aromatic carbocycles. The van der Waals surface area contributed by atoms with Crippen molar-refractivity contribution in [1.29, 1.82) is 0 Å². The number of fused-ring (bicyclic) bond motifs is 1. The van der Waals surface area contributed by atoms with E-state index in [9.17, 15) is 9.18 Å². The van der Waals surface area contributed by atoms with Gasteiger partial charge in [-0.15, -0.1) is 0 Å². The molecule has 3 aromatic rings. The number of ether oxygens (including phenoxy) is 1. The molecule has 0 fully saturated rings. The van der Waals surface area contributed by atoms with Crippen LogP contribution in [0.4, 0.5) is 4.39 Å².